The van der Waals surface area contributed by atoms with Crippen LogP contribution in [-0.4, -0.2) is 11.7 Å². The SMILES string of the molecule is C=CCC(CO)c1ccco1. The lowest BCUT2D eigenvalue weighted by atomic mass is 10.0. The van der Waals surface area contributed by atoms with E-state index in [-0.39, 0.29) is 12.5 Å². The fourth-order valence-corrected chi connectivity index (χ4v) is 1.01. The summed E-state index contributed by atoms with van der Waals surface area (Å²) in [6.07, 6.45) is 4.15. The van der Waals surface area contributed by atoms with Crippen LogP contribution in [0, 0.1) is 0 Å². The lowest BCUT2D eigenvalue weighted by Crippen LogP contribution is -2.00. The maximum absolute atomic E-state index is 8.92. The molecular weight excluding hydrogens is 140 g/mol. The molecule has 0 aliphatic carbocycles. The normalized spacial score (nSPS) is 12.8. The van der Waals surface area contributed by atoms with Gasteiger partial charge in [0, 0.05) is 5.92 Å². The lowest BCUT2D eigenvalue weighted by Gasteiger charge is -2.06. The Hall–Kier alpha value is -1.02. The van der Waals surface area contributed by atoms with Gasteiger partial charge in [-0.2, -0.15) is 0 Å². The molecule has 0 saturated carbocycles. The van der Waals surface area contributed by atoms with Crippen LogP contribution in [0.1, 0.15) is 18.1 Å². The van der Waals surface area contributed by atoms with Gasteiger partial charge in [-0.15, -0.1) is 6.58 Å². The highest BCUT2D eigenvalue weighted by molar-refractivity contribution is 5.06. The Morgan fingerprint density at radius 2 is 2.55 bits per heavy atom. The molecule has 1 aromatic rings. The first-order valence-electron chi connectivity index (χ1n) is 3.63. The Morgan fingerprint density at radius 1 is 1.73 bits per heavy atom. The van der Waals surface area contributed by atoms with Gasteiger partial charge < -0.3 is 9.52 Å². The molecule has 11 heavy (non-hydrogen) atoms. The van der Waals surface area contributed by atoms with E-state index >= 15 is 0 Å². The summed E-state index contributed by atoms with van der Waals surface area (Å²) in [5.41, 5.74) is 0. The van der Waals surface area contributed by atoms with Crippen molar-refractivity contribution in [2.45, 2.75) is 12.3 Å². The standard InChI is InChI=1S/C9H12O2/c1-2-4-8(7-10)9-5-3-6-11-9/h2-3,5-6,8,10H,1,4,7H2. The summed E-state index contributed by atoms with van der Waals surface area (Å²) in [6.45, 7) is 3.72. The van der Waals surface area contributed by atoms with Crippen molar-refractivity contribution in [2.75, 3.05) is 6.61 Å². The highest BCUT2D eigenvalue weighted by Gasteiger charge is 2.10. The minimum Gasteiger partial charge on any atom is -0.469 e. The Morgan fingerprint density at radius 3 is 3.00 bits per heavy atom. The quantitative estimate of drug-likeness (QED) is 0.669. The average molecular weight is 152 g/mol. The van der Waals surface area contributed by atoms with E-state index < -0.39 is 0 Å². The fraction of sp³-hybridized carbons (Fsp3) is 0.333. The molecular formula is C9H12O2. The van der Waals surface area contributed by atoms with Crippen LogP contribution >= 0.6 is 0 Å². The number of allylic oxidation sites excluding steroid dienone is 1. The second-order valence-electron chi connectivity index (χ2n) is 2.42. The van der Waals surface area contributed by atoms with Crippen LogP contribution in [0.5, 0.6) is 0 Å². The largest absolute Gasteiger partial charge is 0.469 e. The molecule has 0 amide bonds. The maximum atomic E-state index is 8.92. The molecule has 0 aliphatic heterocycles. The molecule has 60 valence electrons. The van der Waals surface area contributed by atoms with Crippen LogP contribution in [-0.2, 0) is 0 Å². The van der Waals surface area contributed by atoms with Gasteiger partial charge in [0.2, 0.25) is 0 Å². The molecule has 0 spiro atoms. The van der Waals surface area contributed by atoms with Gasteiger partial charge in [0.25, 0.3) is 0 Å². The summed E-state index contributed by atoms with van der Waals surface area (Å²) in [5.74, 6) is 0.898. The summed E-state index contributed by atoms with van der Waals surface area (Å²) < 4.78 is 5.13. The molecule has 1 rings (SSSR count). The highest BCUT2D eigenvalue weighted by Crippen LogP contribution is 2.19. The van der Waals surface area contributed by atoms with E-state index in [0.29, 0.717) is 0 Å². The van der Waals surface area contributed by atoms with E-state index in [1.54, 1.807) is 12.3 Å². The molecule has 0 aliphatic rings. The van der Waals surface area contributed by atoms with Crippen molar-refractivity contribution in [3.63, 3.8) is 0 Å². The van der Waals surface area contributed by atoms with Crippen molar-refractivity contribution in [3.8, 4) is 0 Å². The van der Waals surface area contributed by atoms with Gasteiger partial charge in [0.1, 0.15) is 5.76 Å². The average Bonchev–Trinajstić information content (AvgIpc) is 2.52. The predicted octanol–water partition coefficient (Wildman–Crippen LogP) is 1.93. The van der Waals surface area contributed by atoms with Gasteiger partial charge in [0.05, 0.1) is 12.9 Å². The lowest BCUT2D eigenvalue weighted by molar-refractivity contribution is 0.249. The number of aliphatic hydroxyl groups excluding tert-OH is 1. The van der Waals surface area contributed by atoms with Crippen molar-refractivity contribution >= 4 is 0 Å². The fourth-order valence-electron chi connectivity index (χ4n) is 1.01. The third kappa shape index (κ3) is 1.95. The van der Waals surface area contributed by atoms with Gasteiger partial charge in [0.15, 0.2) is 0 Å². The molecule has 0 bridgehead atoms. The monoisotopic (exact) mass is 152 g/mol. The third-order valence-electron chi connectivity index (χ3n) is 1.62. The molecule has 0 aromatic carbocycles. The number of aliphatic hydroxyl groups is 1. The number of hydrogen-bond acceptors (Lipinski definition) is 2. The van der Waals surface area contributed by atoms with E-state index in [0.717, 1.165) is 12.2 Å². The van der Waals surface area contributed by atoms with Crippen LogP contribution in [0.4, 0.5) is 0 Å². The van der Waals surface area contributed by atoms with Crippen molar-refractivity contribution in [3.05, 3.63) is 36.8 Å². The van der Waals surface area contributed by atoms with Crippen molar-refractivity contribution in [1.82, 2.24) is 0 Å². The Kier molecular flexibility index (Phi) is 2.93. The molecule has 2 nitrogen and oxygen atoms in total. The summed E-state index contributed by atoms with van der Waals surface area (Å²) in [7, 11) is 0. The molecule has 1 atom stereocenters. The third-order valence-corrected chi connectivity index (χ3v) is 1.62. The minimum absolute atomic E-state index is 0.0718. The number of furan rings is 1. The van der Waals surface area contributed by atoms with Gasteiger partial charge >= 0.3 is 0 Å². The van der Waals surface area contributed by atoms with Crippen molar-refractivity contribution < 1.29 is 9.52 Å². The van der Waals surface area contributed by atoms with Crippen molar-refractivity contribution in [2.24, 2.45) is 0 Å². The molecule has 2 heteroatoms. The Balaban J connectivity index is 2.62. The van der Waals surface area contributed by atoms with E-state index in [1.807, 2.05) is 12.1 Å². The zero-order valence-electron chi connectivity index (χ0n) is 6.36. The summed E-state index contributed by atoms with van der Waals surface area (Å²) in [6, 6.07) is 3.69. The van der Waals surface area contributed by atoms with Gasteiger partial charge in [-0.1, -0.05) is 6.08 Å². The second-order valence-corrected chi connectivity index (χ2v) is 2.42. The van der Waals surface area contributed by atoms with E-state index in [9.17, 15) is 0 Å². The minimum atomic E-state index is 0.0718. The van der Waals surface area contributed by atoms with Crippen LogP contribution < -0.4 is 0 Å². The summed E-state index contributed by atoms with van der Waals surface area (Å²) in [4.78, 5) is 0. The van der Waals surface area contributed by atoms with Gasteiger partial charge in [-0.25, -0.2) is 0 Å². The number of hydrogen-bond donors (Lipinski definition) is 1. The van der Waals surface area contributed by atoms with Gasteiger partial charge in [-0.05, 0) is 18.6 Å². The first kappa shape index (κ1) is 8.08. The predicted molar refractivity (Wildman–Crippen MR) is 43.3 cm³/mol. The topological polar surface area (TPSA) is 33.4 Å². The summed E-state index contributed by atoms with van der Waals surface area (Å²) >= 11 is 0. The molecule has 0 saturated heterocycles. The zero-order valence-corrected chi connectivity index (χ0v) is 6.36. The molecule has 1 unspecified atom stereocenters. The van der Waals surface area contributed by atoms with E-state index in [2.05, 4.69) is 6.58 Å². The van der Waals surface area contributed by atoms with Crippen molar-refractivity contribution in [1.29, 1.82) is 0 Å². The van der Waals surface area contributed by atoms with Gasteiger partial charge in [-0.3, -0.25) is 0 Å². The van der Waals surface area contributed by atoms with E-state index in [1.165, 1.54) is 0 Å². The summed E-state index contributed by atoms with van der Waals surface area (Å²) in [5, 5.41) is 8.92. The molecule has 1 heterocycles. The first-order valence-corrected chi connectivity index (χ1v) is 3.63. The van der Waals surface area contributed by atoms with Crippen LogP contribution in [0.3, 0.4) is 0 Å². The Labute approximate surface area is 66.2 Å². The molecule has 1 N–H and O–H groups in total. The highest BCUT2D eigenvalue weighted by atomic mass is 16.3. The molecule has 1 aromatic heterocycles. The van der Waals surface area contributed by atoms with Crippen LogP contribution in [0.15, 0.2) is 35.5 Å². The second kappa shape index (κ2) is 3.98. The maximum Gasteiger partial charge on any atom is 0.109 e. The van der Waals surface area contributed by atoms with Crippen LogP contribution in [0.2, 0.25) is 0 Å². The number of rotatable bonds is 4. The smallest absolute Gasteiger partial charge is 0.109 e. The molecule has 0 fully saturated rings. The Bertz CT molecular complexity index is 201. The first-order chi connectivity index (χ1) is 5.38. The molecule has 0 radical (unpaired) electrons. The van der Waals surface area contributed by atoms with Crippen LogP contribution in [0.25, 0.3) is 0 Å². The zero-order chi connectivity index (χ0) is 8.10. The van der Waals surface area contributed by atoms with E-state index in [4.69, 9.17) is 9.52 Å².